The first-order valence-corrected chi connectivity index (χ1v) is 8.59. The van der Waals surface area contributed by atoms with Gasteiger partial charge in [0.2, 0.25) is 0 Å². The summed E-state index contributed by atoms with van der Waals surface area (Å²) in [6.07, 6.45) is 1.15. The van der Waals surface area contributed by atoms with Crippen molar-refractivity contribution < 1.29 is 0 Å². The van der Waals surface area contributed by atoms with Gasteiger partial charge < -0.3 is 5.73 Å². The van der Waals surface area contributed by atoms with Crippen molar-refractivity contribution >= 4 is 11.3 Å². The molecule has 0 aliphatic carbocycles. The van der Waals surface area contributed by atoms with Crippen LogP contribution < -0.4 is 5.73 Å². The van der Waals surface area contributed by atoms with E-state index in [1.165, 1.54) is 22.3 Å². The van der Waals surface area contributed by atoms with E-state index in [1.807, 2.05) is 11.3 Å². The third-order valence-corrected chi connectivity index (χ3v) is 5.86. The molecule has 3 rings (SSSR count). The number of fused-ring (bicyclic) bond motifs is 1. The van der Waals surface area contributed by atoms with Gasteiger partial charge in [-0.05, 0) is 60.9 Å². The molecule has 2 unspecified atom stereocenters. The van der Waals surface area contributed by atoms with Crippen LogP contribution in [0.2, 0.25) is 0 Å². The van der Waals surface area contributed by atoms with Crippen LogP contribution in [0.15, 0.2) is 29.6 Å². The summed E-state index contributed by atoms with van der Waals surface area (Å²) in [5, 5.41) is 2.22. The normalized spacial score (nSPS) is 20.3. The van der Waals surface area contributed by atoms with Crippen LogP contribution in [0.1, 0.15) is 46.1 Å². The van der Waals surface area contributed by atoms with E-state index in [0.717, 1.165) is 13.0 Å². The van der Waals surface area contributed by atoms with Crippen LogP contribution >= 0.6 is 11.3 Å². The molecular weight excluding hydrogens is 276 g/mol. The first-order valence-electron chi connectivity index (χ1n) is 7.71. The van der Waals surface area contributed by atoms with E-state index in [0.29, 0.717) is 18.6 Å². The van der Waals surface area contributed by atoms with Gasteiger partial charge in [-0.15, -0.1) is 11.3 Å². The largest absolute Gasteiger partial charge is 0.329 e. The van der Waals surface area contributed by atoms with E-state index in [-0.39, 0.29) is 0 Å². The molecule has 0 saturated carbocycles. The third kappa shape index (κ3) is 2.66. The molecule has 112 valence electrons. The summed E-state index contributed by atoms with van der Waals surface area (Å²) in [6.45, 7) is 8.44. The van der Waals surface area contributed by atoms with Crippen molar-refractivity contribution in [3.05, 3.63) is 56.8 Å². The lowest BCUT2D eigenvalue weighted by Crippen LogP contribution is -2.39. The molecule has 1 aromatic heterocycles. The maximum Gasteiger partial charge on any atom is 0.0476 e. The van der Waals surface area contributed by atoms with E-state index in [9.17, 15) is 0 Å². The molecule has 0 spiro atoms. The number of hydrogen-bond donors (Lipinski definition) is 1. The van der Waals surface area contributed by atoms with Crippen LogP contribution in [0, 0.1) is 13.8 Å². The minimum absolute atomic E-state index is 0.312. The molecule has 1 aromatic carbocycles. The molecule has 1 aliphatic rings. The van der Waals surface area contributed by atoms with Crippen molar-refractivity contribution in [2.75, 3.05) is 13.1 Å². The topological polar surface area (TPSA) is 29.3 Å². The van der Waals surface area contributed by atoms with Crippen molar-refractivity contribution in [2.24, 2.45) is 5.73 Å². The maximum atomic E-state index is 6.14. The predicted molar refractivity (Wildman–Crippen MR) is 90.9 cm³/mol. The van der Waals surface area contributed by atoms with E-state index < -0.39 is 0 Å². The van der Waals surface area contributed by atoms with Crippen LogP contribution in [0.25, 0.3) is 0 Å². The molecular formula is C18H24N2S. The molecule has 0 radical (unpaired) electrons. The first kappa shape index (κ1) is 14.8. The highest BCUT2D eigenvalue weighted by atomic mass is 32.1. The molecule has 2 heterocycles. The second-order valence-corrected chi connectivity index (χ2v) is 7.06. The zero-order valence-corrected chi connectivity index (χ0v) is 13.9. The Morgan fingerprint density at radius 1 is 1.29 bits per heavy atom. The maximum absolute atomic E-state index is 6.14. The highest BCUT2D eigenvalue weighted by molar-refractivity contribution is 7.10. The number of rotatable bonds is 3. The minimum Gasteiger partial charge on any atom is -0.329 e. The molecule has 3 heteroatoms. The average Bonchev–Trinajstić information content (AvgIpc) is 2.95. The number of aryl methyl sites for hydroxylation is 2. The molecule has 2 nitrogen and oxygen atoms in total. The van der Waals surface area contributed by atoms with Gasteiger partial charge in [-0.25, -0.2) is 0 Å². The van der Waals surface area contributed by atoms with Gasteiger partial charge >= 0.3 is 0 Å². The van der Waals surface area contributed by atoms with Gasteiger partial charge in [0.15, 0.2) is 0 Å². The Balaban J connectivity index is 1.92. The predicted octanol–water partition coefficient (Wildman–Crippen LogP) is 3.98. The molecule has 0 amide bonds. The molecule has 2 atom stereocenters. The van der Waals surface area contributed by atoms with Gasteiger partial charge in [0.1, 0.15) is 0 Å². The summed E-state index contributed by atoms with van der Waals surface area (Å²) >= 11 is 1.89. The second kappa shape index (κ2) is 5.91. The Morgan fingerprint density at radius 2 is 2.10 bits per heavy atom. The van der Waals surface area contributed by atoms with Crippen LogP contribution in [-0.4, -0.2) is 18.0 Å². The highest BCUT2D eigenvalue weighted by Gasteiger charge is 2.30. The highest BCUT2D eigenvalue weighted by Crippen LogP contribution is 2.37. The minimum atomic E-state index is 0.312. The molecule has 0 bridgehead atoms. The summed E-state index contributed by atoms with van der Waals surface area (Å²) in [7, 11) is 0. The Labute approximate surface area is 131 Å². The molecule has 0 saturated heterocycles. The van der Waals surface area contributed by atoms with E-state index >= 15 is 0 Å². The summed E-state index contributed by atoms with van der Waals surface area (Å²) in [5.74, 6) is 0. The van der Waals surface area contributed by atoms with Gasteiger partial charge in [-0.1, -0.05) is 18.2 Å². The first-order chi connectivity index (χ1) is 10.1. The van der Waals surface area contributed by atoms with Crippen LogP contribution in [0.5, 0.6) is 0 Å². The molecule has 2 aromatic rings. The average molecular weight is 300 g/mol. The molecule has 0 fully saturated rings. The number of nitrogens with zero attached hydrogens (tertiary/aromatic N) is 1. The lowest BCUT2D eigenvalue weighted by molar-refractivity contribution is 0.138. The summed E-state index contributed by atoms with van der Waals surface area (Å²) in [4.78, 5) is 4.12. The Morgan fingerprint density at radius 3 is 2.81 bits per heavy atom. The van der Waals surface area contributed by atoms with Gasteiger partial charge in [0.25, 0.3) is 0 Å². The quantitative estimate of drug-likeness (QED) is 0.929. The van der Waals surface area contributed by atoms with Crippen molar-refractivity contribution in [3.8, 4) is 0 Å². The lowest BCUT2D eigenvalue weighted by atomic mass is 9.94. The van der Waals surface area contributed by atoms with Crippen molar-refractivity contribution in [1.29, 1.82) is 0 Å². The van der Waals surface area contributed by atoms with Crippen molar-refractivity contribution in [1.82, 2.24) is 4.90 Å². The van der Waals surface area contributed by atoms with E-state index in [1.54, 1.807) is 4.88 Å². The second-order valence-electron chi connectivity index (χ2n) is 6.06. The molecule has 2 N–H and O–H groups in total. The van der Waals surface area contributed by atoms with E-state index in [2.05, 4.69) is 55.3 Å². The number of thiophene rings is 1. The fourth-order valence-corrected chi connectivity index (χ4v) is 4.35. The molecule has 21 heavy (non-hydrogen) atoms. The van der Waals surface area contributed by atoms with Crippen molar-refractivity contribution in [2.45, 2.75) is 39.3 Å². The lowest BCUT2D eigenvalue weighted by Gasteiger charge is -2.39. The summed E-state index contributed by atoms with van der Waals surface area (Å²) in [5.41, 5.74) is 11.7. The Bertz CT molecular complexity index is 632. The van der Waals surface area contributed by atoms with Crippen LogP contribution in [0.3, 0.4) is 0 Å². The van der Waals surface area contributed by atoms with Gasteiger partial charge in [0, 0.05) is 30.1 Å². The van der Waals surface area contributed by atoms with Crippen LogP contribution in [-0.2, 0) is 6.42 Å². The van der Waals surface area contributed by atoms with Crippen LogP contribution in [0.4, 0.5) is 0 Å². The van der Waals surface area contributed by atoms with Crippen molar-refractivity contribution in [3.63, 3.8) is 0 Å². The van der Waals surface area contributed by atoms with Gasteiger partial charge in [-0.2, -0.15) is 0 Å². The number of benzene rings is 1. The number of hydrogen-bond acceptors (Lipinski definition) is 3. The Kier molecular flexibility index (Phi) is 4.16. The van der Waals surface area contributed by atoms with Gasteiger partial charge in [-0.3, -0.25) is 4.90 Å². The standard InChI is InChI=1S/C18H24N2S/c1-12-4-5-15(10-13(12)2)17(11-19)20-8-6-18-16(14(20)3)7-9-21-18/h4-5,7,9-10,14,17H,6,8,11,19H2,1-3H3. The van der Waals surface area contributed by atoms with Gasteiger partial charge in [0.05, 0.1) is 0 Å². The zero-order chi connectivity index (χ0) is 15.0. The fourth-order valence-electron chi connectivity index (χ4n) is 3.39. The third-order valence-electron chi connectivity index (χ3n) is 4.86. The SMILES string of the molecule is Cc1ccc(C(CN)N2CCc3sccc3C2C)cc1C. The van der Waals surface area contributed by atoms with E-state index in [4.69, 9.17) is 5.73 Å². The summed E-state index contributed by atoms with van der Waals surface area (Å²) < 4.78 is 0. The number of nitrogens with two attached hydrogens (primary N) is 1. The smallest absolute Gasteiger partial charge is 0.0476 e. The summed E-state index contributed by atoms with van der Waals surface area (Å²) in [6, 6.07) is 9.82. The Hall–Kier alpha value is -1.16. The zero-order valence-electron chi connectivity index (χ0n) is 13.1. The fraction of sp³-hybridized carbons (Fsp3) is 0.444. The monoisotopic (exact) mass is 300 g/mol. The molecule has 1 aliphatic heterocycles.